The minimum absolute atomic E-state index is 0.0121. The highest BCUT2D eigenvalue weighted by molar-refractivity contribution is 5.96. The molecule has 1 aliphatic heterocycles. The number of benzene rings is 1. The van der Waals surface area contributed by atoms with Crippen LogP contribution in [0.4, 0.5) is 5.69 Å². The van der Waals surface area contributed by atoms with Crippen LogP contribution in [-0.2, 0) is 4.79 Å². The second-order valence-electron chi connectivity index (χ2n) is 4.46. The molecule has 5 nitrogen and oxygen atoms in total. The molecule has 1 saturated heterocycles. The second-order valence-corrected chi connectivity index (χ2v) is 4.46. The van der Waals surface area contributed by atoms with Crippen molar-refractivity contribution in [3.8, 4) is 0 Å². The Hall–Kier alpha value is -1.88. The fraction of sp³-hybridized carbons (Fsp3) is 0.385. The van der Waals surface area contributed by atoms with Gasteiger partial charge in [0.2, 0.25) is 11.8 Å². The van der Waals surface area contributed by atoms with Gasteiger partial charge in [-0.3, -0.25) is 9.59 Å². The lowest BCUT2D eigenvalue weighted by Crippen LogP contribution is -2.34. The van der Waals surface area contributed by atoms with Gasteiger partial charge in [-0.05, 0) is 44.1 Å². The summed E-state index contributed by atoms with van der Waals surface area (Å²) in [4.78, 5) is 23.0. The van der Waals surface area contributed by atoms with E-state index in [1.807, 2.05) is 0 Å². The van der Waals surface area contributed by atoms with Crippen LogP contribution >= 0.6 is 0 Å². The number of carbonyl (C=O) groups is 2. The van der Waals surface area contributed by atoms with E-state index in [0.717, 1.165) is 25.9 Å². The van der Waals surface area contributed by atoms with Crippen LogP contribution in [0.1, 0.15) is 23.2 Å². The van der Waals surface area contributed by atoms with Crippen LogP contribution in [0.5, 0.6) is 0 Å². The first-order valence-corrected chi connectivity index (χ1v) is 6.08. The topological polar surface area (TPSA) is 84.2 Å². The molecule has 18 heavy (non-hydrogen) atoms. The molecule has 0 aliphatic carbocycles. The Morgan fingerprint density at radius 1 is 1.28 bits per heavy atom. The summed E-state index contributed by atoms with van der Waals surface area (Å²) in [6.45, 7) is 1.75. The average molecular weight is 247 g/mol. The number of nitrogens with two attached hydrogens (primary N) is 1. The van der Waals surface area contributed by atoms with Crippen LogP contribution < -0.4 is 16.4 Å². The highest BCUT2D eigenvalue weighted by Crippen LogP contribution is 2.16. The van der Waals surface area contributed by atoms with Gasteiger partial charge >= 0.3 is 0 Å². The van der Waals surface area contributed by atoms with Crippen molar-refractivity contribution in [3.05, 3.63) is 29.8 Å². The molecule has 1 aromatic carbocycles. The number of hydrogen-bond acceptors (Lipinski definition) is 3. The third-order valence-corrected chi connectivity index (χ3v) is 3.12. The van der Waals surface area contributed by atoms with Crippen molar-refractivity contribution < 1.29 is 9.59 Å². The van der Waals surface area contributed by atoms with E-state index in [9.17, 15) is 9.59 Å². The van der Waals surface area contributed by atoms with Crippen molar-refractivity contribution in [2.75, 3.05) is 18.4 Å². The molecular weight excluding hydrogens is 230 g/mol. The molecule has 1 aliphatic rings. The number of piperidine rings is 1. The highest BCUT2D eigenvalue weighted by atomic mass is 16.2. The van der Waals surface area contributed by atoms with E-state index < -0.39 is 5.91 Å². The molecule has 0 atom stereocenters. The van der Waals surface area contributed by atoms with Crippen molar-refractivity contribution in [1.82, 2.24) is 5.32 Å². The molecule has 0 aromatic heterocycles. The van der Waals surface area contributed by atoms with E-state index in [1.54, 1.807) is 24.3 Å². The van der Waals surface area contributed by atoms with Crippen LogP contribution in [-0.4, -0.2) is 24.9 Å². The molecular formula is C13H17N3O2. The molecule has 2 rings (SSSR count). The lowest BCUT2D eigenvalue weighted by Gasteiger charge is -2.21. The third kappa shape index (κ3) is 3.07. The lowest BCUT2D eigenvalue weighted by molar-refractivity contribution is -0.120. The fourth-order valence-electron chi connectivity index (χ4n) is 2.08. The maximum absolute atomic E-state index is 12.0. The van der Waals surface area contributed by atoms with Crippen LogP contribution in [0.2, 0.25) is 0 Å². The zero-order valence-electron chi connectivity index (χ0n) is 10.1. The maximum atomic E-state index is 12.0. The first-order chi connectivity index (χ1) is 8.66. The summed E-state index contributed by atoms with van der Waals surface area (Å²) >= 11 is 0. The summed E-state index contributed by atoms with van der Waals surface area (Å²) < 4.78 is 0. The minimum Gasteiger partial charge on any atom is -0.366 e. The van der Waals surface area contributed by atoms with Gasteiger partial charge in [-0.1, -0.05) is 6.07 Å². The number of rotatable bonds is 3. The van der Waals surface area contributed by atoms with Gasteiger partial charge in [-0.2, -0.15) is 0 Å². The molecule has 1 fully saturated rings. The molecule has 96 valence electrons. The zero-order valence-corrected chi connectivity index (χ0v) is 10.1. The Morgan fingerprint density at radius 3 is 2.67 bits per heavy atom. The molecule has 0 bridgehead atoms. The predicted molar refractivity (Wildman–Crippen MR) is 69.2 cm³/mol. The Morgan fingerprint density at radius 2 is 2.00 bits per heavy atom. The predicted octanol–water partition coefficient (Wildman–Crippen LogP) is 0.724. The van der Waals surface area contributed by atoms with Gasteiger partial charge in [0.05, 0.1) is 0 Å². The zero-order chi connectivity index (χ0) is 13.0. The molecule has 4 N–H and O–H groups in total. The van der Waals surface area contributed by atoms with Crippen LogP contribution in [0.3, 0.4) is 0 Å². The van der Waals surface area contributed by atoms with Crippen molar-refractivity contribution in [1.29, 1.82) is 0 Å². The Kier molecular flexibility index (Phi) is 3.94. The lowest BCUT2D eigenvalue weighted by atomic mass is 9.97. The average Bonchev–Trinajstić information content (AvgIpc) is 2.40. The van der Waals surface area contributed by atoms with Crippen molar-refractivity contribution in [2.24, 2.45) is 11.7 Å². The summed E-state index contributed by atoms with van der Waals surface area (Å²) in [7, 11) is 0. The Balaban J connectivity index is 2.02. The molecule has 1 heterocycles. The van der Waals surface area contributed by atoms with E-state index in [4.69, 9.17) is 5.73 Å². The fourth-order valence-corrected chi connectivity index (χ4v) is 2.08. The number of anilines is 1. The van der Waals surface area contributed by atoms with Crippen LogP contribution in [0, 0.1) is 5.92 Å². The van der Waals surface area contributed by atoms with Crippen molar-refractivity contribution in [3.63, 3.8) is 0 Å². The SMILES string of the molecule is NC(=O)c1cccc(NC(=O)C2CCNCC2)c1. The van der Waals surface area contributed by atoms with Gasteiger partial charge in [0, 0.05) is 17.2 Å². The monoisotopic (exact) mass is 247 g/mol. The number of amides is 2. The van der Waals surface area contributed by atoms with Crippen LogP contribution in [0.15, 0.2) is 24.3 Å². The normalized spacial score (nSPS) is 16.2. The quantitative estimate of drug-likeness (QED) is 0.736. The molecule has 0 radical (unpaired) electrons. The summed E-state index contributed by atoms with van der Waals surface area (Å²) in [5.41, 5.74) is 6.22. The van der Waals surface area contributed by atoms with Gasteiger partial charge in [0.15, 0.2) is 0 Å². The van der Waals surface area contributed by atoms with Crippen molar-refractivity contribution >= 4 is 17.5 Å². The molecule has 0 unspecified atom stereocenters. The minimum atomic E-state index is -0.493. The first kappa shape index (κ1) is 12.6. The molecule has 5 heteroatoms. The molecule has 2 amide bonds. The summed E-state index contributed by atoms with van der Waals surface area (Å²) in [5.74, 6) is -0.436. The molecule has 0 saturated carbocycles. The standard InChI is InChI=1S/C13H17N3O2/c14-12(17)10-2-1-3-11(8-10)16-13(18)9-4-6-15-7-5-9/h1-3,8-9,15H,4-7H2,(H2,14,17)(H,16,18). The number of carbonyl (C=O) groups excluding carboxylic acids is 2. The highest BCUT2D eigenvalue weighted by Gasteiger charge is 2.20. The van der Waals surface area contributed by atoms with E-state index >= 15 is 0 Å². The maximum Gasteiger partial charge on any atom is 0.248 e. The largest absolute Gasteiger partial charge is 0.366 e. The van der Waals surface area contributed by atoms with E-state index in [1.165, 1.54) is 0 Å². The Labute approximate surface area is 106 Å². The summed E-state index contributed by atoms with van der Waals surface area (Å²) in [6.07, 6.45) is 1.70. The van der Waals surface area contributed by atoms with Gasteiger partial charge in [-0.25, -0.2) is 0 Å². The number of hydrogen-bond donors (Lipinski definition) is 3. The summed E-state index contributed by atoms with van der Waals surface area (Å²) in [6, 6.07) is 6.69. The van der Waals surface area contributed by atoms with Crippen molar-refractivity contribution in [2.45, 2.75) is 12.8 Å². The van der Waals surface area contributed by atoms with E-state index in [-0.39, 0.29) is 11.8 Å². The summed E-state index contributed by atoms with van der Waals surface area (Å²) in [5, 5.41) is 6.05. The van der Waals surface area contributed by atoms with Gasteiger partial charge in [-0.15, -0.1) is 0 Å². The third-order valence-electron chi connectivity index (χ3n) is 3.12. The van der Waals surface area contributed by atoms with E-state index in [0.29, 0.717) is 11.3 Å². The van der Waals surface area contributed by atoms with E-state index in [2.05, 4.69) is 10.6 Å². The van der Waals surface area contributed by atoms with Gasteiger partial charge < -0.3 is 16.4 Å². The second kappa shape index (κ2) is 5.64. The Bertz CT molecular complexity index is 453. The number of nitrogens with one attached hydrogen (secondary N) is 2. The molecule has 1 aromatic rings. The van der Waals surface area contributed by atoms with Gasteiger partial charge in [0.1, 0.15) is 0 Å². The smallest absolute Gasteiger partial charge is 0.248 e. The number of primary amides is 1. The van der Waals surface area contributed by atoms with Crippen LogP contribution in [0.25, 0.3) is 0 Å². The first-order valence-electron chi connectivity index (χ1n) is 6.08. The molecule has 0 spiro atoms. The van der Waals surface area contributed by atoms with Gasteiger partial charge in [0.25, 0.3) is 0 Å².